The van der Waals surface area contributed by atoms with Crippen LogP contribution in [-0.2, 0) is 14.3 Å². The number of benzene rings is 1. The number of methoxy groups -OCH3 is 1. The predicted octanol–water partition coefficient (Wildman–Crippen LogP) is 3.18. The molecule has 3 aromatic rings. The van der Waals surface area contributed by atoms with Gasteiger partial charge in [0, 0.05) is 38.4 Å². The maximum Gasteiger partial charge on any atom is 0.248 e. The van der Waals surface area contributed by atoms with Gasteiger partial charge in [-0.3, -0.25) is 4.79 Å². The molecule has 0 bridgehead atoms. The highest BCUT2D eigenvalue weighted by molar-refractivity contribution is 9.10. The van der Waals surface area contributed by atoms with E-state index in [9.17, 15) is 9.90 Å². The lowest BCUT2D eigenvalue weighted by Gasteiger charge is -2.33. The highest BCUT2D eigenvalue weighted by Crippen LogP contribution is 2.31. The molecule has 10 heteroatoms. The van der Waals surface area contributed by atoms with Crippen molar-refractivity contribution in [2.24, 2.45) is 5.92 Å². The number of amides is 1. The summed E-state index contributed by atoms with van der Waals surface area (Å²) in [5, 5.41) is 18.2. The van der Waals surface area contributed by atoms with Crippen LogP contribution in [0, 0.1) is 5.92 Å². The van der Waals surface area contributed by atoms with Gasteiger partial charge in [-0.25, -0.2) is 4.98 Å². The summed E-state index contributed by atoms with van der Waals surface area (Å²) in [6, 6.07) is 9.01. The van der Waals surface area contributed by atoms with Crippen LogP contribution in [0.15, 0.2) is 41.0 Å². The van der Waals surface area contributed by atoms with Gasteiger partial charge >= 0.3 is 0 Å². The third kappa shape index (κ3) is 5.63. The fourth-order valence-corrected chi connectivity index (χ4v) is 4.34. The molecule has 4 rings (SSSR count). The van der Waals surface area contributed by atoms with E-state index in [1.807, 2.05) is 23.1 Å². The maximum atomic E-state index is 12.5. The Morgan fingerprint density at radius 3 is 3.00 bits per heavy atom. The molecule has 176 valence electrons. The van der Waals surface area contributed by atoms with Crippen LogP contribution in [0.2, 0.25) is 0 Å². The number of ether oxygens (including phenoxy) is 2. The van der Waals surface area contributed by atoms with Crippen LogP contribution in [0.1, 0.15) is 12.8 Å². The van der Waals surface area contributed by atoms with Gasteiger partial charge in [0.1, 0.15) is 18.2 Å². The number of phenols is 1. The molecular weight excluding hydrogens is 490 g/mol. The summed E-state index contributed by atoms with van der Waals surface area (Å²) in [5.41, 5.74) is 1.96. The highest BCUT2D eigenvalue weighted by atomic mass is 79.9. The molecule has 1 aliphatic rings. The first-order valence-electron chi connectivity index (χ1n) is 11.0. The van der Waals surface area contributed by atoms with Crippen molar-refractivity contribution in [3.8, 4) is 17.0 Å². The minimum absolute atomic E-state index is 0.0138. The number of para-hydroxylation sites is 1. The number of phenolic OH excluding ortho intramolecular Hbond substituents is 1. The van der Waals surface area contributed by atoms with E-state index in [2.05, 4.69) is 31.3 Å². The van der Waals surface area contributed by atoms with E-state index >= 15 is 0 Å². The summed E-state index contributed by atoms with van der Waals surface area (Å²) >= 11 is 3.51. The second-order valence-electron chi connectivity index (χ2n) is 8.05. The molecule has 1 atom stereocenters. The molecule has 0 spiro atoms. The van der Waals surface area contributed by atoms with Crippen molar-refractivity contribution in [3.05, 3.63) is 41.0 Å². The zero-order valence-electron chi connectivity index (χ0n) is 18.5. The fourth-order valence-electron chi connectivity index (χ4n) is 3.99. The molecule has 1 amide bonds. The summed E-state index contributed by atoms with van der Waals surface area (Å²) < 4.78 is 12.9. The van der Waals surface area contributed by atoms with E-state index in [-0.39, 0.29) is 18.3 Å². The van der Waals surface area contributed by atoms with Gasteiger partial charge in [0.05, 0.1) is 29.6 Å². The molecule has 0 radical (unpaired) electrons. The topological polar surface area (TPSA) is 101 Å². The molecule has 2 aromatic heterocycles. The third-order valence-corrected chi connectivity index (χ3v) is 6.27. The second-order valence-corrected chi connectivity index (χ2v) is 8.90. The van der Waals surface area contributed by atoms with Gasteiger partial charge in [0.15, 0.2) is 5.65 Å². The quantitative estimate of drug-likeness (QED) is 0.420. The Kier molecular flexibility index (Phi) is 7.79. The zero-order chi connectivity index (χ0) is 23.2. The summed E-state index contributed by atoms with van der Waals surface area (Å²) in [6.45, 7) is 3.10. The number of hydrogen-bond acceptors (Lipinski definition) is 7. The van der Waals surface area contributed by atoms with Crippen molar-refractivity contribution >= 4 is 33.3 Å². The van der Waals surface area contributed by atoms with E-state index in [0.717, 1.165) is 29.7 Å². The van der Waals surface area contributed by atoms with Crippen molar-refractivity contribution in [3.63, 3.8) is 0 Å². The number of carbonyl (C=O) groups is 1. The SMILES string of the molecule is COCCOCC(=O)N1CCCC(CNc2cc(-c3ccccc3O)nc3c(Br)cnn23)C1. The maximum absolute atomic E-state index is 12.5. The van der Waals surface area contributed by atoms with E-state index in [1.54, 1.807) is 30.0 Å². The number of carbonyl (C=O) groups excluding carboxylic acids is 1. The van der Waals surface area contributed by atoms with Crippen molar-refractivity contribution in [2.75, 3.05) is 51.9 Å². The number of aromatic nitrogens is 3. The Bertz CT molecular complexity index is 1110. The number of likely N-dealkylation sites (tertiary alicyclic amines) is 1. The van der Waals surface area contributed by atoms with Gasteiger partial charge in [0.2, 0.25) is 5.91 Å². The van der Waals surface area contributed by atoms with Crippen LogP contribution < -0.4 is 5.32 Å². The molecule has 3 heterocycles. The minimum atomic E-state index is 0.0138. The van der Waals surface area contributed by atoms with Gasteiger partial charge in [-0.1, -0.05) is 12.1 Å². The Morgan fingerprint density at radius 1 is 1.33 bits per heavy atom. The third-order valence-electron chi connectivity index (χ3n) is 5.71. The zero-order valence-corrected chi connectivity index (χ0v) is 20.1. The molecule has 2 N–H and O–H groups in total. The first-order valence-corrected chi connectivity index (χ1v) is 11.8. The molecule has 33 heavy (non-hydrogen) atoms. The molecule has 0 saturated carbocycles. The summed E-state index contributed by atoms with van der Waals surface area (Å²) in [4.78, 5) is 19.0. The molecule has 1 aliphatic heterocycles. The standard InChI is InChI=1S/C23H28BrN5O4/c1-32-9-10-33-15-22(31)28-8-4-5-16(14-28)12-25-21-11-19(17-6-2-3-7-20(17)30)27-23-18(24)13-26-29(21)23/h2-3,6-7,11,13,16,25,30H,4-5,8-10,12,14-15H2,1H3. The smallest absolute Gasteiger partial charge is 0.248 e. The average Bonchev–Trinajstić information content (AvgIpc) is 3.21. The van der Waals surface area contributed by atoms with Crippen molar-refractivity contribution in [1.29, 1.82) is 0 Å². The van der Waals surface area contributed by atoms with Crippen molar-refractivity contribution < 1.29 is 19.4 Å². The lowest BCUT2D eigenvalue weighted by Crippen LogP contribution is -2.43. The number of nitrogens with zero attached hydrogens (tertiary/aromatic N) is 4. The van der Waals surface area contributed by atoms with E-state index in [0.29, 0.717) is 49.1 Å². The monoisotopic (exact) mass is 517 g/mol. The predicted molar refractivity (Wildman–Crippen MR) is 128 cm³/mol. The van der Waals surface area contributed by atoms with Crippen LogP contribution in [0.25, 0.3) is 16.9 Å². The van der Waals surface area contributed by atoms with Crippen LogP contribution in [0.3, 0.4) is 0 Å². The van der Waals surface area contributed by atoms with E-state index in [4.69, 9.17) is 9.47 Å². The van der Waals surface area contributed by atoms with E-state index < -0.39 is 0 Å². The normalized spacial score (nSPS) is 16.3. The number of nitrogens with one attached hydrogen (secondary N) is 1. The lowest BCUT2D eigenvalue weighted by molar-refractivity contribution is -0.138. The molecular formula is C23H28BrN5O4. The molecule has 1 saturated heterocycles. The molecule has 9 nitrogen and oxygen atoms in total. The molecule has 1 fully saturated rings. The molecule has 1 aromatic carbocycles. The number of piperidine rings is 1. The molecule has 1 unspecified atom stereocenters. The van der Waals surface area contributed by atoms with Crippen LogP contribution in [0.4, 0.5) is 5.82 Å². The fraction of sp³-hybridized carbons (Fsp3) is 0.435. The van der Waals surface area contributed by atoms with Gasteiger partial charge in [0.25, 0.3) is 0 Å². The van der Waals surface area contributed by atoms with Gasteiger partial charge in [-0.2, -0.15) is 9.61 Å². The Morgan fingerprint density at radius 2 is 2.18 bits per heavy atom. The van der Waals surface area contributed by atoms with Gasteiger partial charge < -0.3 is 24.8 Å². The van der Waals surface area contributed by atoms with Crippen LogP contribution >= 0.6 is 15.9 Å². The van der Waals surface area contributed by atoms with Crippen LogP contribution in [-0.4, -0.2) is 77.1 Å². The Hall–Kier alpha value is -2.69. The van der Waals surface area contributed by atoms with E-state index in [1.165, 1.54) is 0 Å². The summed E-state index contributed by atoms with van der Waals surface area (Å²) in [5.74, 6) is 1.26. The number of hydrogen-bond donors (Lipinski definition) is 2. The molecule has 0 aliphatic carbocycles. The largest absolute Gasteiger partial charge is 0.507 e. The van der Waals surface area contributed by atoms with Gasteiger partial charge in [-0.05, 0) is 46.8 Å². The number of fused-ring (bicyclic) bond motifs is 1. The van der Waals surface area contributed by atoms with Crippen molar-refractivity contribution in [1.82, 2.24) is 19.5 Å². The second kappa shape index (κ2) is 11.0. The summed E-state index contributed by atoms with van der Waals surface area (Å²) in [7, 11) is 1.61. The summed E-state index contributed by atoms with van der Waals surface area (Å²) in [6.07, 6.45) is 3.69. The van der Waals surface area contributed by atoms with Gasteiger partial charge in [-0.15, -0.1) is 0 Å². The minimum Gasteiger partial charge on any atom is -0.507 e. The van der Waals surface area contributed by atoms with Crippen LogP contribution in [0.5, 0.6) is 5.75 Å². The number of halogens is 1. The first kappa shape index (κ1) is 23.5. The number of rotatable bonds is 9. The van der Waals surface area contributed by atoms with Crippen molar-refractivity contribution in [2.45, 2.75) is 12.8 Å². The first-order chi connectivity index (χ1) is 16.1. The lowest BCUT2D eigenvalue weighted by atomic mass is 9.98. The Labute approximate surface area is 200 Å². The highest BCUT2D eigenvalue weighted by Gasteiger charge is 2.24. The number of anilines is 1. The number of aromatic hydroxyl groups is 1. The Balaban J connectivity index is 1.45. The average molecular weight is 518 g/mol.